The second-order valence-corrected chi connectivity index (χ2v) is 5.97. The Morgan fingerprint density at radius 3 is 2.90 bits per heavy atom. The van der Waals surface area contributed by atoms with Gasteiger partial charge in [0, 0.05) is 0 Å². The Balaban J connectivity index is 2.40. The van der Waals surface area contributed by atoms with Crippen molar-refractivity contribution in [3.8, 4) is 0 Å². The van der Waals surface area contributed by atoms with Crippen LogP contribution in [0, 0.1) is 0 Å². The summed E-state index contributed by atoms with van der Waals surface area (Å²) in [6.45, 7) is 7.09. The van der Waals surface area contributed by atoms with Crippen molar-refractivity contribution < 1.29 is 13.9 Å². The summed E-state index contributed by atoms with van der Waals surface area (Å²) in [7, 11) is 0. The van der Waals surface area contributed by atoms with Crippen LogP contribution in [-0.2, 0) is 15.3 Å². The molecule has 0 spiro atoms. The van der Waals surface area contributed by atoms with Gasteiger partial charge in [0.2, 0.25) is 0 Å². The fourth-order valence-electron chi connectivity index (χ4n) is 1.80. The maximum absolute atomic E-state index is 12.1. The van der Waals surface area contributed by atoms with Gasteiger partial charge in [-0.1, -0.05) is 6.92 Å². The van der Waals surface area contributed by atoms with Crippen LogP contribution in [0.4, 0.5) is 0 Å². The number of thioether (sulfide) groups is 1. The summed E-state index contributed by atoms with van der Waals surface area (Å²) < 4.78 is 10.5. The van der Waals surface area contributed by atoms with Gasteiger partial charge >= 0.3 is 5.97 Å². The van der Waals surface area contributed by atoms with Gasteiger partial charge < -0.3 is 14.5 Å². The van der Waals surface area contributed by atoms with Crippen LogP contribution >= 0.6 is 11.8 Å². The summed E-state index contributed by atoms with van der Waals surface area (Å²) in [5.41, 5.74) is -0.595. The molecule has 0 amide bonds. The lowest BCUT2D eigenvalue weighted by Gasteiger charge is -2.28. The Morgan fingerprint density at radius 2 is 2.30 bits per heavy atom. The van der Waals surface area contributed by atoms with Gasteiger partial charge in [-0.05, 0) is 51.1 Å². The molecule has 0 aliphatic heterocycles. The first-order valence-corrected chi connectivity index (χ1v) is 8.30. The van der Waals surface area contributed by atoms with E-state index >= 15 is 0 Å². The molecule has 0 bridgehead atoms. The van der Waals surface area contributed by atoms with Crippen molar-refractivity contribution in [2.45, 2.75) is 44.9 Å². The summed E-state index contributed by atoms with van der Waals surface area (Å²) in [4.78, 5) is 12.1. The summed E-state index contributed by atoms with van der Waals surface area (Å²) in [5, 5.41) is 3.31. The third kappa shape index (κ3) is 5.59. The van der Waals surface area contributed by atoms with Gasteiger partial charge in [-0.2, -0.15) is 11.8 Å². The van der Waals surface area contributed by atoms with Crippen LogP contribution in [0.3, 0.4) is 0 Å². The van der Waals surface area contributed by atoms with E-state index in [0.717, 1.165) is 36.7 Å². The fourth-order valence-corrected chi connectivity index (χ4v) is 2.86. The average Bonchev–Trinajstić information content (AvgIpc) is 2.95. The molecule has 1 unspecified atom stereocenters. The highest BCUT2D eigenvalue weighted by molar-refractivity contribution is 7.98. The van der Waals surface area contributed by atoms with Gasteiger partial charge in [-0.3, -0.25) is 4.79 Å². The number of hydrogen-bond donors (Lipinski definition) is 1. The molecule has 20 heavy (non-hydrogen) atoms. The third-order valence-corrected chi connectivity index (χ3v) is 4.04. The van der Waals surface area contributed by atoms with Crippen molar-refractivity contribution in [3.05, 3.63) is 24.2 Å². The van der Waals surface area contributed by atoms with Gasteiger partial charge in [0.05, 0.1) is 18.6 Å². The predicted molar refractivity (Wildman–Crippen MR) is 82.8 cm³/mol. The quantitative estimate of drug-likeness (QED) is 0.531. The minimum absolute atomic E-state index is 0.160. The predicted octanol–water partition coefficient (Wildman–Crippen LogP) is 3.22. The monoisotopic (exact) mass is 299 g/mol. The van der Waals surface area contributed by atoms with Crippen LogP contribution < -0.4 is 5.32 Å². The van der Waals surface area contributed by atoms with Crippen LogP contribution in [0.25, 0.3) is 0 Å². The zero-order valence-electron chi connectivity index (χ0n) is 12.6. The number of ether oxygens (including phenoxy) is 1. The lowest BCUT2D eigenvalue weighted by molar-refractivity contribution is -0.150. The molecule has 1 rings (SSSR count). The Kier molecular flexibility index (Phi) is 7.77. The molecule has 1 heterocycles. The number of hydrogen-bond acceptors (Lipinski definition) is 5. The van der Waals surface area contributed by atoms with Crippen molar-refractivity contribution in [1.82, 2.24) is 5.32 Å². The van der Waals surface area contributed by atoms with Crippen LogP contribution in [0.2, 0.25) is 0 Å². The number of furan rings is 1. The highest BCUT2D eigenvalue weighted by Crippen LogP contribution is 2.19. The van der Waals surface area contributed by atoms with Crippen molar-refractivity contribution in [2.24, 2.45) is 0 Å². The second kappa shape index (κ2) is 9.08. The SMILES string of the molecule is CCCNC(C)(CCSCc1ccco1)C(=O)OCC. The molecule has 1 N–H and O–H groups in total. The molecule has 5 heteroatoms. The van der Waals surface area contributed by atoms with E-state index in [1.54, 1.807) is 18.0 Å². The van der Waals surface area contributed by atoms with Gasteiger partial charge in [-0.25, -0.2) is 0 Å². The van der Waals surface area contributed by atoms with Crippen molar-refractivity contribution in [3.63, 3.8) is 0 Å². The van der Waals surface area contributed by atoms with Crippen molar-refractivity contribution in [1.29, 1.82) is 0 Å². The number of carbonyl (C=O) groups excluding carboxylic acids is 1. The van der Waals surface area contributed by atoms with E-state index in [1.165, 1.54) is 0 Å². The topological polar surface area (TPSA) is 51.5 Å². The molecule has 0 aromatic carbocycles. The zero-order valence-corrected chi connectivity index (χ0v) is 13.4. The smallest absolute Gasteiger partial charge is 0.326 e. The number of nitrogens with one attached hydrogen (secondary N) is 1. The van der Waals surface area contributed by atoms with E-state index in [9.17, 15) is 4.79 Å². The van der Waals surface area contributed by atoms with Gasteiger partial charge in [0.1, 0.15) is 11.3 Å². The van der Waals surface area contributed by atoms with E-state index in [-0.39, 0.29) is 5.97 Å². The maximum Gasteiger partial charge on any atom is 0.326 e. The summed E-state index contributed by atoms with van der Waals surface area (Å²) in [6.07, 6.45) is 3.42. The first kappa shape index (κ1) is 17.1. The highest BCUT2D eigenvalue weighted by Gasteiger charge is 2.33. The van der Waals surface area contributed by atoms with Crippen LogP contribution in [0.5, 0.6) is 0 Å². The van der Waals surface area contributed by atoms with Crippen molar-refractivity contribution in [2.75, 3.05) is 18.9 Å². The molecule has 4 nitrogen and oxygen atoms in total. The molecular weight excluding hydrogens is 274 g/mol. The Morgan fingerprint density at radius 1 is 1.50 bits per heavy atom. The molecule has 0 aliphatic carbocycles. The third-order valence-electron chi connectivity index (χ3n) is 3.06. The van der Waals surface area contributed by atoms with Crippen LogP contribution in [-0.4, -0.2) is 30.4 Å². The van der Waals surface area contributed by atoms with Gasteiger partial charge in [0.15, 0.2) is 0 Å². The fraction of sp³-hybridized carbons (Fsp3) is 0.667. The molecule has 0 saturated carbocycles. The van der Waals surface area contributed by atoms with Crippen molar-refractivity contribution >= 4 is 17.7 Å². The molecular formula is C15H25NO3S. The van der Waals surface area contributed by atoms with Crippen LogP contribution in [0.1, 0.15) is 39.4 Å². The minimum atomic E-state index is -0.595. The summed E-state index contributed by atoms with van der Waals surface area (Å²) in [5.74, 6) is 2.52. The Labute approximate surface area is 125 Å². The van der Waals surface area contributed by atoms with Gasteiger partial charge in [0.25, 0.3) is 0 Å². The molecule has 114 valence electrons. The van der Waals surface area contributed by atoms with E-state index in [2.05, 4.69) is 12.2 Å². The Bertz CT molecular complexity index is 380. The number of esters is 1. The maximum atomic E-state index is 12.1. The first-order chi connectivity index (χ1) is 9.62. The normalized spacial score (nSPS) is 13.9. The highest BCUT2D eigenvalue weighted by atomic mass is 32.2. The number of rotatable bonds is 10. The lowest BCUT2D eigenvalue weighted by atomic mass is 9.99. The van der Waals surface area contributed by atoms with E-state index in [1.807, 2.05) is 26.0 Å². The first-order valence-electron chi connectivity index (χ1n) is 7.14. The van der Waals surface area contributed by atoms with E-state index in [4.69, 9.17) is 9.15 Å². The average molecular weight is 299 g/mol. The molecule has 1 aromatic rings. The summed E-state index contributed by atoms with van der Waals surface area (Å²) >= 11 is 1.77. The second-order valence-electron chi connectivity index (χ2n) is 4.86. The lowest BCUT2D eigenvalue weighted by Crippen LogP contribution is -2.51. The van der Waals surface area contributed by atoms with Gasteiger partial charge in [-0.15, -0.1) is 0 Å². The molecule has 0 radical (unpaired) electrons. The number of carbonyl (C=O) groups is 1. The molecule has 0 aliphatic rings. The largest absolute Gasteiger partial charge is 0.468 e. The van der Waals surface area contributed by atoms with E-state index in [0.29, 0.717) is 6.61 Å². The molecule has 1 aromatic heterocycles. The Hall–Kier alpha value is -0.940. The molecule has 0 fully saturated rings. The molecule has 0 saturated heterocycles. The minimum Gasteiger partial charge on any atom is -0.468 e. The van der Waals surface area contributed by atoms with E-state index < -0.39 is 5.54 Å². The summed E-state index contributed by atoms with van der Waals surface area (Å²) in [6, 6.07) is 3.86. The molecule has 1 atom stereocenters. The standard InChI is InChI=1S/C15H25NO3S/c1-4-9-16-15(3,14(17)18-5-2)8-11-20-12-13-7-6-10-19-13/h6-7,10,16H,4-5,8-9,11-12H2,1-3H3. The zero-order chi connectivity index (χ0) is 14.8. The van der Waals surface area contributed by atoms with Crippen LogP contribution in [0.15, 0.2) is 22.8 Å².